The minimum Gasteiger partial charge on any atom is -0.452 e. The zero-order valence-electron chi connectivity index (χ0n) is 18.3. The summed E-state index contributed by atoms with van der Waals surface area (Å²) in [7, 11) is 0. The molecule has 5 rings (SSSR count). The van der Waals surface area contributed by atoms with E-state index in [9.17, 15) is 14.4 Å². The fourth-order valence-electron chi connectivity index (χ4n) is 3.56. The van der Waals surface area contributed by atoms with Gasteiger partial charge >= 0.3 is 11.9 Å². The van der Waals surface area contributed by atoms with E-state index in [2.05, 4.69) is 0 Å². The highest BCUT2D eigenvalue weighted by Crippen LogP contribution is 2.32. The van der Waals surface area contributed by atoms with Gasteiger partial charge < -0.3 is 13.9 Å². The Morgan fingerprint density at radius 3 is 1.77 bits per heavy atom. The molecule has 0 bridgehead atoms. The Hall–Kier alpha value is -4.97. The molecule has 0 N–H and O–H groups in total. The van der Waals surface area contributed by atoms with Crippen molar-refractivity contribution in [3.63, 3.8) is 0 Å². The van der Waals surface area contributed by atoms with E-state index in [0.717, 1.165) is 0 Å². The Labute approximate surface area is 200 Å². The Bertz CT molecular complexity index is 1570. The van der Waals surface area contributed by atoms with Crippen LogP contribution in [0, 0.1) is 0 Å². The molecule has 0 atom stereocenters. The molecule has 4 aromatic carbocycles. The van der Waals surface area contributed by atoms with Gasteiger partial charge in [-0.05, 0) is 36.4 Å². The van der Waals surface area contributed by atoms with Gasteiger partial charge in [0.25, 0.3) is 0 Å². The minimum absolute atomic E-state index is 0.0962. The fraction of sp³-hybridized carbons (Fsp3) is 0. The smallest absolute Gasteiger partial charge is 0.343 e. The van der Waals surface area contributed by atoms with Crippen LogP contribution in [0.4, 0.5) is 0 Å². The second kappa shape index (κ2) is 9.49. The summed E-state index contributed by atoms with van der Waals surface area (Å²) in [6.07, 6.45) is 0. The van der Waals surface area contributed by atoms with Gasteiger partial charge in [-0.15, -0.1) is 0 Å². The van der Waals surface area contributed by atoms with Crippen molar-refractivity contribution >= 4 is 22.9 Å². The molecule has 0 aliphatic heterocycles. The monoisotopic (exact) mass is 462 g/mol. The molecule has 0 aliphatic carbocycles. The van der Waals surface area contributed by atoms with E-state index >= 15 is 0 Å². The molecule has 0 amide bonds. The average molecular weight is 462 g/mol. The number of esters is 2. The molecule has 0 saturated heterocycles. The van der Waals surface area contributed by atoms with Crippen LogP contribution in [-0.4, -0.2) is 11.9 Å². The fourth-order valence-corrected chi connectivity index (χ4v) is 3.56. The number of carbonyl (C=O) groups is 2. The number of ether oxygens (including phenoxy) is 2. The quantitative estimate of drug-likeness (QED) is 0.239. The van der Waals surface area contributed by atoms with Crippen molar-refractivity contribution in [2.75, 3.05) is 0 Å². The van der Waals surface area contributed by atoms with Crippen molar-refractivity contribution in [1.29, 1.82) is 0 Å². The second-order valence-corrected chi connectivity index (χ2v) is 7.62. The zero-order chi connectivity index (χ0) is 24.2. The van der Waals surface area contributed by atoms with E-state index < -0.39 is 17.4 Å². The Morgan fingerprint density at radius 1 is 0.629 bits per heavy atom. The van der Waals surface area contributed by atoms with E-state index in [1.165, 1.54) is 18.2 Å². The van der Waals surface area contributed by atoms with E-state index in [1.807, 2.05) is 6.07 Å². The molecule has 0 radical (unpaired) electrons. The summed E-state index contributed by atoms with van der Waals surface area (Å²) < 4.78 is 17.1. The van der Waals surface area contributed by atoms with E-state index in [4.69, 9.17) is 13.9 Å². The van der Waals surface area contributed by atoms with Crippen LogP contribution in [0.2, 0.25) is 0 Å². The first-order valence-corrected chi connectivity index (χ1v) is 10.8. The standard InChI is InChI=1S/C29H18O6/c30-25-23-17-16-22(33-28(31)20-12-6-2-7-13-20)18-24(23)34-26(19-10-4-1-5-11-19)27(25)35-29(32)21-14-8-3-9-15-21/h1-18H. The number of hydrogen-bond acceptors (Lipinski definition) is 6. The zero-order valence-corrected chi connectivity index (χ0v) is 18.3. The van der Waals surface area contributed by atoms with Crippen molar-refractivity contribution < 1.29 is 23.5 Å². The predicted molar refractivity (Wildman–Crippen MR) is 131 cm³/mol. The van der Waals surface area contributed by atoms with Crippen molar-refractivity contribution in [2.24, 2.45) is 0 Å². The third kappa shape index (κ3) is 4.58. The largest absolute Gasteiger partial charge is 0.452 e. The number of benzene rings is 4. The summed E-state index contributed by atoms with van der Waals surface area (Å²) >= 11 is 0. The van der Waals surface area contributed by atoms with Crippen LogP contribution in [0.15, 0.2) is 118 Å². The number of rotatable bonds is 5. The molecule has 6 nitrogen and oxygen atoms in total. The van der Waals surface area contributed by atoms with Gasteiger partial charge in [0, 0.05) is 11.6 Å². The van der Waals surface area contributed by atoms with Crippen LogP contribution in [0.5, 0.6) is 11.5 Å². The molecule has 0 unspecified atom stereocenters. The lowest BCUT2D eigenvalue weighted by Crippen LogP contribution is -2.16. The topological polar surface area (TPSA) is 82.8 Å². The van der Waals surface area contributed by atoms with Gasteiger partial charge in [-0.25, -0.2) is 9.59 Å². The van der Waals surface area contributed by atoms with Crippen LogP contribution in [-0.2, 0) is 0 Å². The summed E-state index contributed by atoms with van der Waals surface area (Å²) in [5, 5.41) is 0.181. The second-order valence-electron chi connectivity index (χ2n) is 7.62. The molecule has 0 saturated carbocycles. The first kappa shape index (κ1) is 21.9. The molecule has 0 aliphatic rings. The molecular weight excluding hydrogens is 444 g/mol. The van der Waals surface area contributed by atoms with Crippen LogP contribution < -0.4 is 14.9 Å². The number of fused-ring (bicyclic) bond motifs is 1. The van der Waals surface area contributed by atoms with Gasteiger partial charge in [-0.2, -0.15) is 0 Å². The normalized spacial score (nSPS) is 10.6. The summed E-state index contributed by atoms with van der Waals surface area (Å²) in [6, 6.07) is 30.2. The van der Waals surface area contributed by atoms with Crippen molar-refractivity contribution in [3.05, 3.63) is 131 Å². The minimum atomic E-state index is -0.678. The molecular formula is C29H18O6. The third-order valence-electron chi connectivity index (χ3n) is 5.28. The van der Waals surface area contributed by atoms with E-state index in [-0.39, 0.29) is 28.2 Å². The molecule has 1 aromatic heterocycles. The molecule has 6 heteroatoms. The van der Waals surface area contributed by atoms with Gasteiger partial charge in [0.15, 0.2) is 5.76 Å². The molecule has 5 aromatic rings. The molecule has 0 fully saturated rings. The van der Waals surface area contributed by atoms with Crippen LogP contribution in [0.25, 0.3) is 22.3 Å². The SMILES string of the molecule is O=C(Oc1ccc2c(=O)c(OC(=O)c3ccccc3)c(-c3ccccc3)oc2c1)c1ccccc1. The highest BCUT2D eigenvalue weighted by Gasteiger charge is 2.22. The highest BCUT2D eigenvalue weighted by molar-refractivity contribution is 5.94. The summed E-state index contributed by atoms with van der Waals surface area (Å²) in [5.41, 5.74) is 0.910. The van der Waals surface area contributed by atoms with Crippen LogP contribution >= 0.6 is 0 Å². The van der Waals surface area contributed by atoms with Crippen LogP contribution in [0.3, 0.4) is 0 Å². The maximum absolute atomic E-state index is 13.4. The maximum atomic E-state index is 13.4. The number of hydrogen-bond donors (Lipinski definition) is 0. The first-order valence-electron chi connectivity index (χ1n) is 10.8. The Balaban J connectivity index is 1.58. The Kier molecular flexibility index (Phi) is 5.92. The van der Waals surface area contributed by atoms with Gasteiger partial charge in [0.05, 0.1) is 16.5 Å². The molecule has 0 spiro atoms. The van der Waals surface area contributed by atoms with Crippen molar-refractivity contribution in [3.8, 4) is 22.8 Å². The lowest BCUT2D eigenvalue weighted by molar-refractivity contribution is 0.0722. The van der Waals surface area contributed by atoms with Gasteiger partial charge in [0.2, 0.25) is 11.2 Å². The maximum Gasteiger partial charge on any atom is 0.343 e. The Morgan fingerprint density at radius 2 is 1.17 bits per heavy atom. The molecule has 170 valence electrons. The van der Waals surface area contributed by atoms with Crippen molar-refractivity contribution in [2.45, 2.75) is 0 Å². The highest BCUT2D eigenvalue weighted by atomic mass is 16.5. The lowest BCUT2D eigenvalue weighted by atomic mass is 10.1. The van der Waals surface area contributed by atoms with Gasteiger partial charge in [-0.3, -0.25) is 4.79 Å². The summed E-state index contributed by atoms with van der Waals surface area (Å²) in [4.78, 5) is 38.6. The summed E-state index contributed by atoms with van der Waals surface area (Å²) in [6.45, 7) is 0. The first-order chi connectivity index (χ1) is 17.1. The van der Waals surface area contributed by atoms with Gasteiger partial charge in [-0.1, -0.05) is 66.7 Å². The van der Waals surface area contributed by atoms with E-state index in [0.29, 0.717) is 16.7 Å². The van der Waals surface area contributed by atoms with E-state index in [1.54, 1.807) is 84.9 Å². The summed E-state index contributed by atoms with van der Waals surface area (Å²) in [5.74, 6) is -1.13. The van der Waals surface area contributed by atoms with Crippen LogP contribution in [0.1, 0.15) is 20.7 Å². The third-order valence-corrected chi connectivity index (χ3v) is 5.28. The van der Waals surface area contributed by atoms with Gasteiger partial charge in [0.1, 0.15) is 11.3 Å². The number of carbonyl (C=O) groups excluding carboxylic acids is 2. The lowest BCUT2D eigenvalue weighted by Gasteiger charge is -2.11. The molecule has 1 heterocycles. The van der Waals surface area contributed by atoms with Crippen molar-refractivity contribution in [1.82, 2.24) is 0 Å². The molecule has 35 heavy (non-hydrogen) atoms. The average Bonchev–Trinajstić information content (AvgIpc) is 2.91. The predicted octanol–water partition coefficient (Wildman–Crippen LogP) is 5.90.